The van der Waals surface area contributed by atoms with Crippen molar-refractivity contribution in [3.05, 3.63) is 21.4 Å². The fourth-order valence-electron chi connectivity index (χ4n) is 2.62. The number of thiophene rings is 1. The summed E-state index contributed by atoms with van der Waals surface area (Å²) in [5, 5.41) is 3.23. The highest BCUT2D eigenvalue weighted by Crippen LogP contribution is 2.24. The second kappa shape index (κ2) is 6.15. The molecule has 3 nitrogen and oxygen atoms in total. The van der Waals surface area contributed by atoms with Crippen LogP contribution in [0.5, 0.6) is 0 Å². The van der Waals surface area contributed by atoms with Gasteiger partial charge in [0.1, 0.15) is 0 Å². The number of hydrogen-bond acceptors (Lipinski definition) is 4. The van der Waals surface area contributed by atoms with Crippen LogP contribution >= 0.6 is 11.3 Å². The number of likely N-dealkylation sites (N-methyl/N-ethyl adjacent to an activating group) is 1. The topological polar surface area (TPSA) is 18.5 Å². The van der Waals surface area contributed by atoms with Gasteiger partial charge in [0.2, 0.25) is 0 Å². The van der Waals surface area contributed by atoms with E-state index < -0.39 is 0 Å². The second-order valence-electron chi connectivity index (χ2n) is 5.47. The fraction of sp³-hybridized carbons (Fsp3) is 0.714. The van der Waals surface area contributed by atoms with Gasteiger partial charge >= 0.3 is 0 Å². The molecule has 1 aromatic heterocycles. The van der Waals surface area contributed by atoms with Crippen LogP contribution in [-0.2, 0) is 13.1 Å². The van der Waals surface area contributed by atoms with E-state index in [0.717, 1.165) is 19.1 Å². The van der Waals surface area contributed by atoms with E-state index in [1.54, 1.807) is 0 Å². The highest BCUT2D eigenvalue weighted by Gasteiger charge is 2.24. The Morgan fingerprint density at radius 3 is 2.89 bits per heavy atom. The number of nitrogens with one attached hydrogen (secondary N) is 1. The summed E-state index contributed by atoms with van der Waals surface area (Å²) in [6, 6.07) is 3.11. The average molecular weight is 267 g/mol. The molecule has 0 amide bonds. The minimum atomic E-state index is 0.737. The van der Waals surface area contributed by atoms with Crippen molar-refractivity contribution in [2.45, 2.75) is 32.5 Å². The van der Waals surface area contributed by atoms with Crippen LogP contribution in [0.25, 0.3) is 0 Å². The van der Waals surface area contributed by atoms with Gasteiger partial charge in [0, 0.05) is 42.0 Å². The summed E-state index contributed by atoms with van der Waals surface area (Å²) in [6.45, 7) is 6.81. The third kappa shape index (κ3) is 3.32. The van der Waals surface area contributed by atoms with Crippen molar-refractivity contribution in [1.82, 2.24) is 15.1 Å². The number of nitrogens with zero attached hydrogens (tertiary/aromatic N) is 2. The monoisotopic (exact) mass is 267 g/mol. The molecule has 1 saturated heterocycles. The van der Waals surface area contributed by atoms with E-state index in [2.05, 4.69) is 42.2 Å². The molecule has 0 aliphatic carbocycles. The van der Waals surface area contributed by atoms with E-state index >= 15 is 0 Å². The largest absolute Gasteiger partial charge is 0.315 e. The molecule has 0 spiro atoms. The molecule has 1 atom stereocenters. The quantitative estimate of drug-likeness (QED) is 0.879. The Labute approximate surface area is 115 Å². The summed E-state index contributed by atoms with van der Waals surface area (Å²) < 4.78 is 0. The molecule has 0 aromatic carbocycles. The van der Waals surface area contributed by atoms with Crippen LogP contribution in [0.4, 0.5) is 0 Å². The Balaban J connectivity index is 1.94. The Morgan fingerprint density at radius 1 is 1.50 bits per heavy atom. The minimum Gasteiger partial charge on any atom is -0.315 e. The van der Waals surface area contributed by atoms with Crippen LogP contribution in [0.1, 0.15) is 21.7 Å². The van der Waals surface area contributed by atoms with Gasteiger partial charge in [-0.1, -0.05) is 0 Å². The maximum absolute atomic E-state index is 3.23. The molecule has 1 unspecified atom stereocenters. The zero-order valence-corrected chi connectivity index (χ0v) is 12.8. The lowest BCUT2D eigenvalue weighted by atomic mass is 10.2. The molecule has 1 fully saturated rings. The molecule has 1 aromatic rings. The van der Waals surface area contributed by atoms with Crippen molar-refractivity contribution < 1.29 is 0 Å². The highest BCUT2D eigenvalue weighted by atomic mass is 32.1. The second-order valence-corrected chi connectivity index (χ2v) is 6.81. The van der Waals surface area contributed by atoms with Crippen LogP contribution in [0.3, 0.4) is 0 Å². The summed E-state index contributed by atoms with van der Waals surface area (Å²) in [5.74, 6) is 0. The van der Waals surface area contributed by atoms with Gasteiger partial charge < -0.3 is 10.2 Å². The lowest BCUT2D eigenvalue weighted by Gasteiger charge is -2.20. The summed E-state index contributed by atoms with van der Waals surface area (Å²) in [5.41, 5.74) is 1.52. The van der Waals surface area contributed by atoms with Crippen LogP contribution in [0, 0.1) is 6.92 Å². The first kappa shape index (κ1) is 14.0. The third-order valence-electron chi connectivity index (χ3n) is 3.79. The maximum atomic E-state index is 3.23. The van der Waals surface area contributed by atoms with Gasteiger partial charge in [-0.3, -0.25) is 4.90 Å². The van der Waals surface area contributed by atoms with Crippen molar-refractivity contribution >= 4 is 11.3 Å². The minimum absolute atomic E-state index is 0.737. The third-order valence-corrected chi connectivity index (χ3v) is 4.89. The SMILES string of the molecule is CNCc1cc(CN2CCC(N(C)C)C2)c(C)s1. The zero-order chi connectivity index (χ0) is 13.1. The van der Waals surface area contributed by atoms with Gasteiger partial charge in [-0.2, -0.15) is 0 Å². The van der Waals surface area contributed by atoms with Crippen molar-refractivity contribution in [2.75, 3.05) is 34.2 Å². The first-order chi connectivity index (χ1) is 8.60. The summed E-state index contributed by atoms with van der Waals surface area (Å²) in [6.07, 6.45) is 1.31. The lowest BCUT2D eigenvalue weighted by Crippen LogP contribution is -2.31. The normalized spacial score (nSPS) is 21.1. The summed E-state index contributed by atoms with van der Waals surface area (Å²) >= 11 is 1.93. The smallest absolute Gasteiger partial charge is 0.0296 e. The van der Waals surface area contributed by atoms with Crippen molar-refractivity contribution in [2.24, 2.45) is 0 Å². The predicted octanol–water partition coefficient (Wildman–Crippen LogP) is 1.91. The molecule has 18 heavy (non-hydrogen) atoms. The number of hydrogen-bond donors (Lipinski definition) is 1. The van der Waals surface area contributed by atoms with Crippen LogP contribution < -0.4 is 5.32 Å². The number of rotatable bonds is 5. The molecule has 1 aliphatic heterocycles. The Morgan fingerprint density at radius 2 is 2.28 bits per heavy atom. The van der Waals surface area contributed by atoms with Crippen LogP contribution in [0.2, 0.25) is 0 Å². The molecule has 0 saturated carbocycles. The fourth-order valence-corrected chi connectivity index (χ4v) is 3.69. The molecular formula is C14H25N3S. The molecular weight excluding hydrogens is 242 g/mol. The van der Waals surface area contributed by atoms with E-state index in [1.165, 1.54) is 34.8 Å². The molecule has 1 N–H and O–H groups in total. The van der Waals surface area contributed by atoms with Gasteiger partial charge in [-0.05, 0) is 46.1 Å². The highest BCUT2D eigenvalue weighted by molar-refractivity contribution is 7.12. The molecule has 4 heteroatoms. The predicted molar refractivity (Wildman–Crippen MR) is 79.2 cm³/mol. The van der Waals surface area contributed by atoms with E-state index in [4.69, 9.17) is 0 Å². The van der Waals surface area contributed by atoms with Gasteiger partial charge in [-0.25, -0.2) is 0 Å². The van der Waals surface area contributed by atoms with Gasteiger partial charge in [0.25, 0.3) is 0 Å². The Bertz CT molecular complexity index is 386. The standard InChI is InChI=1S/C14H25N3S/c1-11-12(7-14(18-11)8-15-2)9-17-6-5-13(10-17)16(3)4/h7,13,15H,5-6,8-10H2,1-4H3. The van der Waals surface area contributed by atoms with E-state index in [9.17, 15) is 0 Å². The average Bonchev–Trinajstić information content (AvgIpc) is 2.88. The zero-order valence-electron chi connectivity index (χ0n) is 12.0. The molecule has 0 bridgehead atoms. The van der Waals surface area contributed by atoms with Crippen molar-refractivity contribution in [3.8, 4) is 0 Å². The molecule has 0 radical (unpaired) electrons. The molecule has 102 valence electrons. The summed E-state index contributed by atoms with van der Waals surface area (Å²) in [7, 11) is 6.39. The Kier molecular flexibility index (Phi) is 4.78. The van der Waals surface area contributed by atoms with Crippen molar-refractivity contribution in [1.29, 1.82) is 0 Å². The van der Waals surface area contributed by atoms with Crippen LogP contribution in [0.15, 0.2) is 6.07 Å². The molecule has 2 rings (SSSR count). The van der Waals surface area contributed by atoms with E-state index in [1.807, 2.05) is 18.4 Å². The summed E-state index contributed by atoms with van der Waals surface area (Å²) in [4.78, 5) is 7.87. The molecule has 1 aliphatic rings. The van der Waals surface area contributed by atoms with Gasteiger partial charge in [-0.15, -0.1) is 11.3 Å². The van der Waals surface area contributed by atoms with Crippen LogP contribution in [-0.4, -0.2) is 50.1 Å². The maximum Gasteiger partial charge on any atom is 0.0296 e. The lowest BCUT2D eigenvalue weighted by molar-refractivity contribution is 0.264. The molecule has 2 heterocycles. The van der Waals surface area contributed by atoms with Crippen molar-refractivity contribution in [3.63, 3.8) is 0 Å². The first-order valence-corrected chi connectivity index (χ1v) is 7.53. The van der Waals surface area contributed by atoms with E-state index in [-0.39, 0.29) is 0 Å². The number of likely N-dealkylation sites (tertiary alicyclic amines) is 1. The van der Waals surface area contributed by atoms with E-state index in [0.29, 0.717) is 0 Å². The Hall–Kier alpha value is -0.420. The van der Waals surface area contributed by atoms with Gasteiger partial charge in [0.05, 0.1) is 0 Å². The number of aryl methyl sites for hydroxylation is 1. The first-order valence-electron chi connectivity index (χ1n) is 6.71. The van der Waals surface area contributed by atoms with Gasteiger partial charge in [0.15, 0.2) is 0 Å².